The minimum absolute atomic E-state index is 0.102. The molecule has 0 saturated heterocycles. The molecule has 0 spiro atoms. The number of benzene rings is 3. The van der Waals surface area contributed by atoms with Crippen LogP contribution in [-0.4, -0.2) is 50.8 Å². The number of hydrogen-bond acceptors (Lipinski definition) is 8. The highest BCUT2D eigenvalue weighted by Gasteiger charge is 2.21. The Balaban J connectivity index is 1.44. The number of methoxy groups -OCH3 is 4. The van der Waals surface area contributed by atoms with E-state index in [-0.39, 0.29) is 11.9 Å². The summed E-state index contributed by atoms with van der Waals surface area (Å²) in [7, 11) is 6.53. The minimum Gasteiger partial charge on any atom is -0.497 e. The second-order valence-corrected chi connectivity index (χ2v) is 10.4. The second-order valence-electron chi connectivity index (χ2n) is 9.49. The van der Waals surface area contributed by atoms with Crippen molar-refractivity contribution in [2.75, 3.05) is 35.0 Å². The van der Waals surface area contributed by atoms with Gasteiger partial charge in [0.25, 0.3) is 5.91 Å². The van der Waals surface area contributed by atoms with Crippen molar-refractivity contribution in [2.24, 2.45) is 0 Å². The van der Waals surface area contributed by atoms with E-state index >= 15 is 0 Å². The summed E-state index contributed by atoms with van der Waals surface area (Å²) in [5.41, 5.74) is 3.71. The van der Waals surface area contributed by atoms with Crippen LogP contribution >= 0.6 is 11.3 Å². The van der Waals surface area contributed by atoms with Crippen LogP contribution in [0.1, 0.15) is 45.2 Å². The maximum atomic E-state index is 12.9. The van der Waals surface area contributed by atoms with E-state index in [2.05, 4.69) is 29.3 Å². The Labute approximate surface area is 245 Å². The summed E-state index contributed by atoms with van der Waals surface area (Å²) in [5.74, 6) is 2.67. The molecule has 9 heteroatoms. The summed E-state index contributed by atoms with van der Waals surface area (Å²) < 4.78 is 21.7. The van der Waals surface area contributed by atoms with Gasteiger partial charge in [-0.2, -0.15) is 0 Å². The molecule has 1 heterocycles. The lowest BCUT2D eigenvalue weighted by molar-refractivity contribution is 0.0949. The molecule has 4 rings (SSSR count). The summed E-state index contributed by atoms with van der Waals surface area (Å²) >= 11 is 1.49. The van der Waals surface area contributed by atoms with Crippen LogP contribution in [0.5, 0.6) is 23.0 Å². The molecule has 0 aliphatic rings. The zero-order chi connectivity index (χ0) is 29.2. The van der Waals surface area contributed by atoms with Gasteiger partial charge in [-0.25, -0.2) is 4.98 Å². The van der Waals surface area contributed by atoms with Crippen molar-refractivity contribution in [3.63, 3.8) is 0 Å². The fourth-order valence-electron chi connectivity index (χ4n) is 4.58. The minimum atomic E-state index is -0.188. The second kappa shape index (κ2) is 14.5. The molecular weight excluding hydrogens is 538 g/mol. The summed E-state index contributed by atoms with van der Waals surface area (Å²) in [6.45, 7) is 3.88. The fraction of sp³-hybridized carbons (Fsp3) is 0.312. The van der Waals surface area contributed by atoms with E-state index < -0.39 is 0 Å². The normalized spacial score (nSPS) is 11.7. The van der Waals surface area contributed by atoms with Crippen LogP contribution in [0.15, 0.2) is 72.1 Å². The van der Waals surface area contributed by atoms with E-state index in [1.54, 1.807) is 28.4 Å². The average molecular weight is 576 g/mol. The Hall–Kier alpha value is -4.08. The molecule has 0 radical (unpaired) electrons. The van der Waals surface area contributed by atoms with E-state index in [9.17, 15) is 4.79 Å². The molecule has 1 amide bonds. The summed E-state index contributed by atoms with van der Waals surface area (Å²) in [6.07, 6.45) is 0.662. The van der Waals surface area contributed by atoms with Gasteiger partial charge in [0.2, 0.25) is 0 Å². The first kappa shape index (κ1) is 29.9. The highest BCUT2D eigenvalue weighted by molar-refractivity contribution is 7.09. The van der Waals surface area contributed by atoms with Gasteiger partial charge in [-0.1, -0.05) is 42.5 Å². The van der Waals surface area contributed by atoms with Gasteiger partial charge in [0.1, 0.15) is 22.2 Å². The Morgan fingerprint density at radius 1 is 0.878 bits per heavy atom. The summed E-state index contributed by atoms with van der Waals surface area (Å²) in [4.78, 5) is 19.9. The molecule has 0 bridgehead atoms. The lowest BCUT2D eigenvalue weighted by Gasteiger charge is -2.29. The number of rotatable bonds is 14. The predicted octanol–water partition coefficient (Wildman–Crippen LogP) is 5.91. The standard InChI is InChI=1S/C32H37N3O5S/c1-22(24-9-7-6-8-10-24)35(19-25-12-13-26(37-2)18-29(25)39-4)20-31-34-27(21-41-31)32(36)33-16-15-23-11-14-28(38-3)30(17-23)40-5/h6-14,17-18,21-22H,15-16,19-20H2,1-5H3,(H,33,36). The van der Waals surface area contributed by atoms with Crippen molar-refractivity contribution in [3.05, 3.63) is 99.5 Å². The van der Waals surface area contributed by atoms with Crippen LogP contribution in [0.25, 0.3) is 0 Å². The van der Waals surface area contributed by atoms with Crippen molar-refractivity contribution in [2.45, 2.75) is 32.5 Å². The van der Waals surface area contributed by atoms with Crippen molar-refractivity contribution >= 4 is 17.2 Å². The van der Waals surface area contributed by atoms with E-state index in [0.29, 0.717) is 43.2 Å². The van der Waals surface area contributed by atoms with Crippen LogP contribution < -0.4 is 24.3 Å². The highest BCUT2D eigenvalue weighted by Crippen LogP contribution is 2.31. The number of ether oxygens (including phenoxy) is 4. The van der Waals surface area contributed by atoms with Crippen molar-refractivity contribution in [1.82, 2.24) is 15.2 Å². The fourth-order valence-corrected chi connectivity index (χ4v) is 5.38. The van der Waals surface area contributed by atoms with E-state index in [1.165, 1.54) is 16.9 Å². The lowest BCUT2D eigenvalue weighted by Crippen LogP contribution is -2.27. The molecule has 1 N–H and O–H groups in total. The Bertz CT molecular complexity index is 1430. The van der Waals surface area contributed by atoms with Crippen LogP contribution in [0.4, 0.5) is 0 Å². The Kier molecular flexibility index (Phi) is 10.6. The molecule has 4 aromatic rings. The first-order valence-corrected chi connectivity index (χ1v) is 14.3. The number of nitrogens with zero attached hydrogens (tertiary/aromatic N) is 2. The number of carbonyl (C=O) groups excluding carboxylic acids is 1. The van der Waals surface area contributed by atoms with Crippen molar-refractivity contribution in [3.8, 4) is 23.0 Å². The van der Waals surface area contributed by atoms with Gasteiger partial charge in [-0.05, 0) is 42.7 Å². The van der Waals surface area contributed by atoms with Crippen LogP contribution in [0.3, 0.4) is 0 Å². The number of carbonyl (C=O) groups is 1. The van der Waals surface area contributed by atoms with Gasteiger partial charge in [0.05, 0.1) is 35.0 Å². The molecule has 0 aliphatic heterocycles. The summed E-state index contributed by atoms with van der Waals surface area (Å²) in [5, 5.41) is 5.67. The zero-order valence-electron chi connectivity index (χ0n) is 24.2. The van der Waals surface area contributed by atoms with Crippen molar-refractivity contribution < 1.29 is 23.7 Å². The summed E-state index contributed by atoms with van der Waals surface area (Å²) in [6, 6.07) is 22.1. The average Bonchev–Trinajstić information content (AvgIpc) is 3.49. The number of hydrogen-bond donors (Lipinski definition) is 1. The molecule has 0 saturated carbocycles. The third kappa shape index (κ3) is 7.77. The molecular formula is C32H37N3O5S. The number of nitrogens with one attached hydrogen (secondary N) is 1. The maximum absolute atomic E-state index is 12.9. The molecule has 41 heavy (non-hydrogen) atoms. The van der Waals surface area contributed by atoms with Gasteiger partial charge in [-0.3, -0.25) is 9.69 Å². The van der Waals surface area contributed by atoms with E-state index in [1.807, 2.05) is 60.0 Å². The van der Waals surface area contributed by atoms with Gasteiger partial charge in [0.15, 0.2) is 11.5 Å². The van der Waals surface area contributed by atoms with E-state index in [4.69, 9.17) is 23.9 Å². The molecule has 0 fully saturated rings. The zero-order valence-corrected chi connectivity index (χ0v) is 25.0. The Morgan fingerprint density at radius 3 is 2.34 bits per heavy atom. The predicted molar refractivity (Wildman–Crippen MR) is 161 cm³/mol. The molecule has 0 aliphatic carbocycles. The lowest BCUT2D eigenvalue weighted by atomic mass is 10.1. The van der Waals surface area contributed by atoms with Gasteiger partial charge < -0.3 is 24.3 Å². The molecule has 3 aromatic carbocycles. The molecule has 1 unspecified atom stereocenters. The van der Waals surface area contributed by atoms with Crippen LogP contribution in [-0.2, 0) is 19.5 Å². The number of aromatic nitrogens is 1. The smallest absolute Gasteiger partial charge is 0.270 e. The molecule has 8 nitrogen and oxygen atoms in total. The van der Waals surface area contributed by atoms with Crippen molar-refractivity contribution in [1.29, 1.82) is 0 Å². The van der Waals surface area contributed by atoms with Gasteiger partial charge in [-0.15, -0.1) is 11.3 Å². The third-order valence-corrected chi connectivity index (χ3v) is 7.80. The molecule has 1 aromatic heterocycles. The maximum Gasteiger partial charge on any atom is 0.270 e. The topological polar surface area (TPSA) is 82.2 Å². The first-order chi connectivity index (χ1) is 19.9. The number of thiazole rings is 1. The van der Waals surface area contributed by atoms with Crippen LogP contribution in [0, 0.1) is 0 Å². The SMILES string of the molecule is COc1ccc(CN(Cc2nc(C(=O)NCCc3ccc(OC)c(OC)c3)cs2)C(C)c2ccccc2)c(OC)c1. The van der Waals surface area contributed by atoms with Gasteiger partial charge >= 0.3 is 0 Å². The number of amides is 1. The van der Waals surface area contributed by atoms with Crippen LogP contribution in [0.2, 0.25) is 0 Å². The van der Waals surface area contributed by atoms with Gasteiger partial charge in [0, 0.05) is 36.1 Å². The highest BCUT2D eigenvalue weighted by atomic mass is 32.1. The Morgan fingerprint density at radius 2 is 1.63 bits per heavy atom. The largest absolute Gasteiger partial charge is 0.497 e. The molecule has 1 atom stereocenters. The quantitative estimate of drug-likeness (QED) is 0.200. The van der Waals surface area contributed by atoms with E-state index in [0.717, 1.165) is 27.6 Å². The third-order valence-electron chi connectivity index (χ3n) is 6.97. The molecule has 216 valence electrons. The first-order valence-electron chi connectivity index (χ1n) is 13.4. The monoisotopic (exact) mass is 575 g/mol.